The van der Waals surface area contributed by atoms with Crippen molar-refractivity contribution in [3.63, 3.8) is 0 Å². The number of H-pyrrole nitrogens is 1. The molecule has 0 bridgehead atoms. The standard InChI is InChI=1S/C11H18IN3O2/c1-3-8(4-2)15(5-6-16)10-9(12)11(17)14-7-13-10/h7-8,16H,3-6H2,1-2H3,(H,13,14,17). The Morgan fingerprint density at radius 1 is 1.53 bits per heavy atom. The molecule has 1 aromatic rings. The number of hydrogen-bond donors (Lipinski definition) is 2. The van der Waals surface area contributed by atoms with Gasteiger partial charge in [-0.15, -0.1) is 0 Å². The van der Waals surface area contributed by atoms with E-state index in [0.29, 0.717) is 22.0 Å². The van der Waals surface area contributed by atoms with Crippen molar-refractivity contribution in [2.24, 2.45) is 0 Å². The van der Waals surface area contributed by atoms with E-state index in [1.165, 1.54) is 6.33 Å². The summed E-state index contributed by atoms with van der Waals surface area (Å²) in [4.78, 5) is 20.3. The van der Waals surface area contributed by atoms with Crippen molar-refractivity contribution in [2.75, 3.05) is 18.1 Å². The van der Waals surface area contributed by atoms with Crippen molar-refractivity contribution in [3.8, 4) is 0 Å². The molecule has 0 amide bonds. The van der Waals surface area contributed by atoms with Crippen LogP contribution in [0, 0.1) is 3.57 Å². The highest BCUT2D eigenvalue weighted by Gasteiger charge is 2.19. The molecule has 96 valence electrons. The lowest BCUT2D eigenvalue weighted by Gasteiger charge is -2.31. The Kier molecular flexibility index (Phi) is 5.90. The molecule has 0 aliphatic heterocycles. The molecule has 0 fully saturated rings. The van der Waals surface area contributed by atoms with Gasteiger partial charge in [-0.05, 0) is 35.4 Å². The fraction of sp³-hybridized carbons (Fsp3) is 0.636. The first kappa shape index (κ1) is 14.4. The maximum atomic E-state index is 11.6. The average Bonchev–Trinajstić information content (AvgIpc) is 2.33. The number of rotatable bonds is 6. The topological polar surface area (TPSA) is 69.2 Å². The minimum Gasteiger partial charge on any atom is -0.395 e. The van der Waals surface area contributed by atoms with E-state index in [9.17, 15) is 4.79 Å². The number of halogens is 1. The second-order valence-corrected chi connectivity index (χ2v) is 4.84. The van der Waals surface area contributed by atoms with E-state index >= 15 is 0 Å². The number of aliphatic hydroxyl groups excluding tert-OH is 1. The van der Waals surface area contributed by atoms with Crippen LogP contribution in [0.5, 0.6) is 0 Å². The summed E-state index contributed by atoms with van der Waals surface area (Å²) in [5, 5.41) is 9.14. The van der Waals surface area contributed by atoms with E-state index in [1.54, 1.807) is 0 Å². The van der Waals surface area contributed by atoms with Gasteiger partial charge in [0.1, 0.15) is 9.39 Å². The van der Waals surface area contributed by atoms with Crippen LogP contribution in [0.4, 0.5) is 5.82 Å². The van der Waals surface area contributed by atoms with Crippen LogP contribution < -0.4 is 10.5 Å². The predicted octanol–water partition coefficient (Wildman–Crippen LogP) is 1.36. The van der Waals surface area contributed by atoms with Gasteiger partial charge in [0, 0.05) is 12.6 Å². The molecule has 1 aromatic heterocycles. The summed E-state index contributed by atoms with van der Waals surface area (Å²) in [5.41, 5.74) is -0.135. The summed E-state index contributed by atoms with van der Waals surface area (Å²) >= 11 is 2.00. The molecular formula is C11H18IN3O2. The number of aliphatic hydroxyl groups is 1. The highest BCUT2D eigenvalue weighted by molar-refractivity contribution is 14.1. The molecule has 0 saturated carbocycles. The summed E-state index contributed by atoms with van der Waals surface area (Å²) in [6, 6.07) is 0.296. The largest absolute Gasteiger partial charge is 0.395 e. The number of nitrogens with zero attached hydrogens (tertiary/aromatic N) is 2. The lowest BCUT2D eigenvalue weighted by molar-refractivity contribution is 0.295. The van der Waals surface area contributed by atoms with Crippen LogP contribution in [0.1, 0.15) is 26.7 Å². The van der Waals surface area contributed by atoms with E-state index in [2.05, 4.69) is 23.8 Å². The van der Waals surface area contributed by atoms with Crippen LogP contribution in [-0.4, -0.2) is 34.3 Å². The molecule has 2 N–H and O–H groups in total. The van der Waals surface area contributed by atoms with Gasteiger partial charge in [0.15, 0.2) is 0 Å². The second-order valence-electron chi connectivity index (χ2n) is 3.76. The highest BCUT2D eigenvalue weighted by atomic mass is 127. The fourth-order valence-electron chi connectivity index (χ4n) is 1.87. The van der Waals surface area contributed by atoms with Crippen LogP contribution in [0.3, 0.4) is 0 Å². The predicted molar refractivity (Wildman–Crippen MR) is 76.4 cm³/mol. The summed E-state index contributed by atoms with van der Waals surface area (Å²) in [5.74, 6) is 0.664. The molecule has 0 aromatic carbocycles. The molecule has 0 saturated heterocycles. The van der Waals surface area contributed by atoms with Gasteiger partial charge in [0.05, 0.1) is 12.9 Å². The van der Waals surface area contributed by atoms with E-state index in [1.807, 2.05) is 27.5 Å². The van der Waals surface area contributed by atoms with E-state index in [-0.39, 0.29) is 12.2 Å². The quantitative estimate of drug-likeness (QED) is 0.760. The minimum absolute atomic E-state index is 0.0566. The van der Waals surface area contributed by atoms with Gasteiger partial charge in [-0.1, -0.05) is 13.8 Å². The van der Waals surface area contributed by atoms with E-state index < -0.39 is 0 Å². The Balaban J connectivity index is 3.13. The zero-order valence-electron chi connectivity index (χ0n) is 10.1. The molecule has 17 heavy (non-hydrogen) atoms. The molecule has 0 aliphatic rings. The molecule has 0 atom stereocenters. The summed E-state index contributed by atoms with van der Waals surface area (Å²) in [6.45, 7) is 4.75. The molecule has 6 heteroatoms. The van der Waals surface area contributed by atoms with Crippen molar-refractivity contribution in [1.82, 2.24) is 9.97 Å². The van der Waals surface area contributed by atoms with Crippen LogP contribution in [0.2, 0.25) is 0 Å². The van der Waals surface area contributed by atoms with Gasteiger partial charge in [-0.3, -0.25) is 4.79 Å². The Morgan fingerprint density at radius 2 is 2.18 bits per heavy atom. The molecule has 1 rings (SSSR count). The van der Waals surface area contributed by atoms with Crippen LogP contribution in [0.15, 0.2) is 11.1 Å². The molecule has 0 spiro atoms. The van der Waals surface area contributed by atoms with Crippen molar-refractivity contribution >= 4 is 28.4 Å². The fourth-order valence-corrected chi connectivity index (χ4v) is 2.48. The maximum Gasteiger partial charge on any atom is 0.266 e. The smallest absolute Gasteiger partial charge is 0.266 e. The van der Waals surface area contributed by atoms with Gasteiger partial charge < -0.3 is 15.0 Å². The lowest BCUT2D eigenvalue weighted by atomic mass is 10.1. The first-order valence-electron chi connectivity index (χ1n) is 5.76. The molecule has 1 heterocycles. The van der Waals surface area contributed by atoms with Gasteiger partial charge in [0.25, 0.3) is 5.56 Å². The molecule has 5 nitrogen and oxygen atoms in total. The third-order valence-corrected chi connectivity index (χ3v) is 3.75. The monoisotopic (exact) mass is 351 g/mol. The van der Waals surface area contributed by atoms with E-state index in [0.717, 1.165) is 12.8 Å². The Bertz CT molecular complexity index is 404. The molecule has 0 aliphatic carbocycles. The summed E-state index contributed by atoms with van der Waals surface area (Å²) < 4.78 is 0.574. The zero-order chi connectivity index (χ0) is 12.8. The Labute approximate surface area is 114 Å². The zero-order valence-corrected chi connectivity index (χ0v) is 12.3. The van der Waals surface area contributed by atoms with Crippen molar-refractivity contribution < 1.29 is 5.11 Å². The Morgan fingerprint density at radius 3 is 2.71 bits per heavy atom. The molecule has 0 radical (unpaired) electrons. The SMILES string of the molecule is CCC(CC)N(CCO)c1nc[nH]c(=O)c1I. The third kappa shape index (κ3) is 3.41. The summed E-state index contributed by atoms with van der Waals surface area (Å²) in [7, 11) is 0. The van der Waals surface area contributed by atoms with Crippen LogP contribution in [-0.2, 0) is 0 Å². The third-order valence-electron chi connectivity index (χ3n) is 2.77. The first-order chi connectivity index (χ1) is 8.15. The Hall–Kier alpha value is -0.630. The van der Waals surface area contributed by atoms with Crippen molar-refractivity contribution in [2.45, 2.75) is 32.7 Å². The van der Waals surface area contributed by atoms with Crippen molar-refractivity contribution in [1.29, 1.82) is 0 Å². The molecule has 0 unspecified atom stereocenters. The summed E-state index contributed by atoms with van der Waals surface area (Å²) in [6.07, 6.45) is 3.33. The normalized spacial score (nSPS) is 10.9. The van der Waals surface area contributed by atoms with Crippen LogP contribution >= 0.6 is 22.6 Å². The number of anilines is 1. The minimum atomic E-state index is -0.135. The van der Waals surface area contributed by atoms with Crippen molar-refractivity contribution in [3.05, 3.63) is 20.3 Å². The van der Waals surface area contributed by atoms with E-state index in [4.69, 9.17) is 5.11 Å². The lowest BCUT2D eigenvalue weighted by Crippen LogP contribution is -2.39. The maximum absolute atomic E-state index is 11.6. The molecular weight excluding hydrogens is 333 g/mol. The number of nitrogens with one attached hydrogen (secondary N) is 1. The number of aromatic amines is 1. The number of aromatic nitrogens is 2. The van der Waals surface area contributed by atoms with Gasteiger partial charge >= 0.3 is 0 Å². The van der Waals surface area contributed by atoms with Gasteiger partial charge in [-0.25, -0.2) is 4.98 Å². The van der Waals surface area contributed by atoms with Crippen LogP contribution in [0.25, 0.3) is 0 Å². The first-order valence-corrected chi connectivity index (χ1v) is 6.84. The van der Waals surface area contributed by atoms with Gasteiger partial charge in [0.2, 0.25) is 0 Å². The second kappa shape index (κ2) is 6.95. The van der Waals surface area contributed by atoms with Gasteiger partial charge in [-0.2, -0.15) is 0 Å². The number of hydrogen-bond acceptors (Lipinski definition) is 4. The highest BCUT2D eigenvalue weighted by Crippen LogP contribution is 2.20. The average molecular weight is 351 g/mol.